The number of allylic oxidation sites excluding steroid dienone is 2. The number of carbonyl (C=O) groups excluding carboxylic acids is 2. The molecule has 9 rings (SSSR count). The van der Waals surface area contributed by atoms with E-state index in [9.17, 15) is 9.59 Å². The van der Waals surface area contributed by atoms with Crippen LogP contribution in [0.4, 0.5) is 0 Å². The van der Waals surface area contributed by atoms with Gasteiger partial charge in [0.25, 0.3) is 0 Å². The predicted molar refractivity (Wildman–Crippen MR) is 106 cm³/mol. The number of hydrogen-bond acceptors (Lipinski definition) is 4. The average molecular weight is 393 g/mol. The Balaban J connectivity index is 1.45. The smallest absolute Gasteiger partial charge is 0.347 e. The molecule has 7 saturated carbocycles. The van der Waals surface area contributed by atoms with Gasteiger partial charge in [0.05, 0.1) is 11.1 Å². The molecule has 2 heterocycles. The van der Waals surface area contributed by atoms with Crippen LogP contribution in [-0.4, -0.2) is 11.9 Å². The molecule has 4 heteroatoms. The molecule has 1 aromatic rings. The van der Waals surface area contributed by atoms with E-state index in [1.807, 2.05) is 18.4 Å². The Hall–Kier alpha value is -1.68. The van der Waals surface area contributed by atoms with Gasteiger partial charge < -0.3 is 4.74 Å². The van der Waals surface area contributed by atoms with E-state index >= 15 is 0 Å². The SMILES string of the molecule is C/C(=C1\C(=O)OC(=O)\C1=C1/C2CC3C4C[C@@H]5C[C@H]3C1[C@@H](C5)C4C2)c1ccsc1. The molecule has 8 fully saturated rings. The summed E-state index contributed by atoms with van der Waals surface area (Å²) in [6.45, 7) is 1.98. The molecule has 0 amide bonds. The van der Waals surface area contributed by atoms with Crippen LogP contribution < -0.4 is 0 Å². The zero-order valence-electron chi connectivity index (χ0n) is 16.0. The van der Waals surface area contributed by atoms with Gasteiger partial charge >= 0.3 is 11.9 Å². The fourth-order valence-electron chi connectivity index (χ4n) is 8.66. The number of thiophene rings is 1. The summed E-state index contributed by atoms with van der Waals surface area (Å²) in [5.74, 6) is 5.37. The largest absolute Gasteiger partial charge is 0.386 e. The first-order valence-corrected chi connectivity index (χ1v) is 11.8. The quantitative estimate of drug-likeness (QED) is 0.390. The third-order valence-electron chi connectivity index (χ3n) is 9.31. The molecule has 0 N–H and O–H groups in total. The van der Waals surface area contributed by atoms with E-state index in [4.69, 9.17) is 4.74 Å². The van der Waals surface area contributed by atoms with Crippen LogP contribution in [0.3, 0.4) is 0 Å². The molecule has 0 radical (unpaired) electrons. The standard InChI is InChI=1S/C24H24O3S/c1-10(12-2-3-28-9-12)19-22(24(26)27-23(19)25)20-13-7-15-14-4-11-5-17(15)21(20)18(6-11)16(14)8-13/h2-3,9,11,13-18,21H,4-8H2,1H3/b19-10+,22-20+/t11-,13?,14?,15?,16?,17-,18+,21?. The van der Waals surface area contributed by atoms with Crippen LogP contribution in [-0.2, 0) is 14.3 Å². The minimum Gasteiger partial charge on any atom is -0.386 e. The summed E-state index contributed by atoms with van der Waals surface area (Å²) in [6.07, 6.45) is 6.66. The highest BCUT2D eigenvalue weighted by Gasteiger charge is 2.66. The van der Waals surface area contributed by atoms with Crippen molar-refractivity contribution in [3.8, 4) is 0 Å². The van der Waals surface area contributed by atoms with Gasteiger partial charge in [-0.15, -0.1) is 0 Å². The number of ether oxygens (including phenoxy) is 1. The van der Waals surface area contributed by atoms with Gasteiger partial charge in [-0.3, -0.25) is 0 Å². The summed E-state index contributed by atoms with van der Waals surface area (Å²) in [4.78, 5) is 25.7. The van der Waals surface area contributed by atoms with Crippen molar-refractivity contribution >= 4 is 28.8 Å². The summed E-state index contributed by atoms with van der Waals surface area (Å²) >= 11 is 1.62. The Kier molecular flexibility index (Phi) is 3.04. The maximum Gasteiger partial charge on any atom is 0.347 e. The van der Waals surface area contributed by atoms with Crippen molar-refractivity contribution in [2.75, 3.05) is 0 Å². The van der Waals surface area contributed by atoms with Gasteiger partial charge in [0, 0.05) is 0 Å². The van der Waals surface area contributed by atoms with Gasteiger partial charge in [-0.25, -0.2) is 9.59 Å². The van der Waals surface area contributed by atoms with E-state index in [0.717, 1.165) is 46.6 Å². The van der Waals surface area contributed by atoms with Crippen LogP contribution in [0, 0.1) is 47.3 Å². The molecule has 3 nitrogen and oxygen atoms in total. The molecule has 8 bridgehead atoms. The normalized spacial score (nSPS) is 49.3. The molecule has 0 aromatic carbocycles. The van der Waals surface area contributed by atoms with Crippen LogP contribution >= 0.6 is 11.3 Å². The number of esters is 2. The van der Waals surface area contributed by atoms with Crippen molar-refractivity contribution in [1.82, 2.24) is 0 Å². The molecule has 1 saturated heterocycles. The number of cyclic esters (lactones) is 2. The molecule has 144 valence electrons. The Morgan fingerprint density at radius 3 is 2.32 bits per heavy atom. The second-order valence-electron chi connectivity index (χ2n) is 10.1. The lowest BCUT2D eigenvalue weighted by Gasteiger charge is -2.70. The molecule has 8 aliphatic rings. The lowest BCUT2D eigenvalue weighted by atomic mass is 9.34. The first-order chi connectivity index (χ1) is 13.6. The zero-order chi connectivity index (χ0) is 18.7. The number of rotatable bonds is 1. The van der Waals surface area contributed by atoms with Crippen LogP contribution in [0.15, 0.2) is 33.5 Å². The highest BCUT2D eigenvalue weighted by atomic mass is 32.1. The van der Waals surface area contributed by atoms with Crippen LogP contribution in [0.2, 0.25) is 0 Å². The van der Waals surface area contributed by atoms with Crippen molar-refractivity contribution in [2.45, 2.75) is 39.0 Å². The topological polar surface area (TPSA) is 43.4 Å². The van der Waals surface area contributed by atoms with Gasteiger partial charge in [0.15, 0.2) is 0 Å². The van der Waals surface area contributed by atoms with E-state index in [2.05, 4.69) is 5.38 Å². The van der Waals surface area contributed by atoms with E-state index in [-0.39, 0.29) is 5.97 Å². The Bertz CT molecular complexity index is 959. The molecular formula is C24H24O3S. The van der Waals surface area contributed by atoms with Gasteiger partial charge in [0.1, 0.15) is 0 Å². The van der Waals surface area contributed by atoms with Crippen molar-refractivity contribution in [3.05, 3.63) is 39.1 Å². The number of carbonyl (C=O) groups is 2. The van der Waals surface area contributed by atoms with Crippen molar-refractivity contribution in [1.29, 1.82) is 0 Å². The van der Waals surface area contributed by atoms with Gasteiger partial charge in [-0.2, -0.15) is 11.3 Å². The minimum absolute atomic E-state index is 0.375. The monoisotopic (exact) mass is 392 g/mol. The molecule has 1 aliphatic heterocycles. The van der Waals surface area contributed by atoms with Crippen molar-refractivity contribution in [2.24, 2.45) is 47.3 Å². The molecule has 7 aliphatic carbocycles. The van der Waals surface area contributed by atoms with Gasteiger partial charge in [-0.05, 0) is 120 Å². The highest BCUT2D eigenvalue weighted by Crippen LogP contribution is 2.73. The Morgan fingerprint density at radius 2 is 1.64 bits per heavy atom. The average Bonchev–Trinajstić information content (AvgIpc) is 3.32. The fraction of sp³-hybridized carbons (Fsp3) is 0.583. The highest BCUT2D eigenvalue weighted by molar-refractivity contribution is 7.08. The van der Waals surface area contributed by atoms with Crippen molar-refractivity contribution < 1.29 is 14.3 Å². The third kappa shape index (κ3) is 1.82. The predicted octanol–water partition coefficient (Wildman–Crippen LogP) is 4.85. The van der Waals surface area contributed by atoms with Crippen LogP contribution in [0.5, 0.6) is 0 Å². The fourth-order valence-corrected chi connectivity index (χ4v) is 9.37. The van der Waals surface area contributed by atoms with Crippen molar-refractivity contribution in [3.63, 3.8) is 0 Å². The zero-order valence-corrected chi connectivity index (χ0v) is 16.8. The third-order valence-corrected chi connectivity index (χ3v) is 10.00. The summed E-state index contributed by atoms with van der Waals surface area (Å²) < 4.78 is 5.22. The van der Waals surface area contributed by atoms with Gasteiger partial charge in [0.2, 0.25) is 0 Å². The summed E-state index contributed by atoms with van der Waals surface area (Å²) in [6, 6.07) is 2.03. The van der Waals surface area contributed by atoms with E-state index < -0.39 is 5.97 Å². The van der Waals surface area contributed by atoms with E-state index in [0.29, 0.717) is 23.0 Å². The maximum atomic E-state index is 13.0. The molecule has 8 atom stereocenters. The summed E-state index contributed by atoms with van der Waals surface area (Å²) in [5, 5.41) is 4.08. The Morgan fingerprint density at radius 1 is 0.964 bits per heavy atom. The van der Waals surface area contributed by atoms with Crippen LogP contribution in [0.1, 0.15) is 44.6 Å². The lowest BCUT2D eigenvalue weighted by Crippen LogP contribution is -2.63. The first kappa shape index (κ1) is 16.2. The molecule has 0 spiro atoms. The van der Waals surface area contributed by atoms with E-state index in [1.165, 1.54) is 37.7 Å². The summed E-state index contributed by atoms with van der Waals surface area (Å²) in [7, 11) is 0. The molecular weight excluding hydrogens is 368 g/mol. The second-order valence-corrected chi connectivity index (χ2v) is 10.9. The van der Waals surface area contributed by atoms with E-state index in [1.54, 1.807) is 11.3 Å². The number of hydrogen-bond donors (Lipinski definition) is 0. The molecule has 1 aromatic heterocycles. The molecule has 5 unspecified atom stereocenters. The Labute approximate surface area is 168 Å². The lowest BCUT2D eigenvalue weighted by molar-refractivity contribution is -0.177. The minimum atomic E-state index is -0.432. The maximum absolute atomic E-state index is 13.0. The summed E-state index contributed by atoms with van der Waals surface area (Å²) in [5.41, 5.74) is 4.51. The van der Waals surface area contributed by atoms with Gasteiger partial charge in [-0.1, -0.05) is 0 Å². The first-order valence-electron chi connectivity index (χ1n) is 10.9. The molecule has 28 heavy (non-hydrogen) atoms. The van der Waals surface area contributed by atoms with Crippen LogP contribution in [0.25, 0.3) is 5.57 Å². The second kappa shape index (κ2) is 5.27.